The first-order valence-electron chi connectivity index (χ1n) is 12.3. The molecule has 11 heteroatoms. The molecule has 4 heterocycles. The molecule has 5 N–H and O–H groups in total. The van der Waals surface area contributed by atoms with Crippen LogP contribution in [0.1, 0.15) is 58.9 Å². The van der Waals surface area contributed by atoms with E-state index in [1.165, 1.54) is 0 Å². The van der Waals surface area contributed by atoms with Gasteiger partial charge in [-0.1, -0.05) is 11.6 Å². The third kappa shape index (κ3) is 4.91. The average molecular weight is 511 g/mol. The van der Waals surface area contributed by atoms with Crippen LogP contribution in [0.5, 0.6) is 0 Å². The molecule has 2 saturated heterocycles. The van der Waals surface area contributed by atoms with Gasteiger partial charge in [0.2, 0.25) is 0 Å². The Labute approximate surface area is 211 Å². The van der Waals surface area contributed by atoms with E-state index in [2.05, 4.69) is 15.5 Å². The Morgan fingerprint density at radius 1 is 1.19 bits per heavy atom. The fourth-order valence-corrected chi connectivity index (χ4v) is 5.77. The second kappa shape index (κ2) is 9.38. The third-order valence-electron chi connectivity index (χ3n) is 6.95. The lowest BCUT2D eigenvalue weighted by Crippen LogP contribution is -2.39. The zero-order valence-electron chi connectivity index (χ0n) is 20.8. The van der Waals surface area contributed by atoms with Crippen molar-refractivity contribution in [2.24, 2.45) is 10.9 Å². The Morgan fingerprint density at radius 3 is 2.72 bits per heavy atom. The van der Waals surface area contributed by atoms with E-state index < -0.39 is 9.89 Å². The molecule has 0 radical (unpaired) electrons. The van der Waals surface area contributed by atoms with E-state index in [9.17, 15) is 9.00 Å². The summed E-state index contributed by atoms with van der Waals surface area (Å²) in [5.74, 6) is 4.24. The van der Waals surface area contributed by atoms with Crippen LogP contribution in [0.2, 0.25) is 0 Å². The van der Waals surface area contributed by atoms with Crippen molar-refractivity contribution in [2.45, 2.75) is 51.6 Å². The maximum Gasteiger partial charge on any atom is 0.256 e. The quantitative estimate of drug-likeness (QED) is 0.450. The lowest BCUT2D eigenvalue weighted by atomic mass is 9.98. The summed E-state index contributed by atoms with van der Waals surface area (Å²) in [5.41, 5.74) is 10.5. The van der Waals surface area contributed by atoms with Crippen LogP contribution in [-0.4, -0.2) is 61.2 Å². The van der Waals surface area contributed by atoms with Crippen LogP contribution in [0.15, 0.2) is 30.5 Å². The number of anilines is 2. The van der Waals surface area contributed by atoms with Gasteiger partial charge in [0.25, 0.3) is 5.91 Å². The number of carbonyl (C=O) groups excluding carboxylic acids is 1. The first-order chi connectivity index (χ1) is 17.1. The van der Waals surface area contributed by atoms with E-state index >= 15 is 0 Å². The van der Waals surface area contributed by atoms with Gasteiger partial charge in [-0.15, -0.1) is 5.10 Å². The van der Waals surface area contributed by atoms with Crippen LogP contribution in [0.3, 0.4) is 0 Å². The molecular weight excluding hydrogens is 476 g/mol. The summed E-state index contributed by atoms with van der Waals surface area (Å²) in [7, 11) is -3.04. The summed E-state index contributed by atoms with van der Waals surface area (Å²) < 4.78 is 16.7. The summed E-state index contributed by atoms with van der Waals surface area (Å²) in [6.45, 7) is 6.25. The Balaban J connectivity index is 1.49. The SMILES string of the molecule is C=S(N)(=O)Nc1ccc(C)cc1C(=O)N1CCCCC1c1cn2nc(N3CCC(N)C3)c(C)cc2n1. The lowest BCUT2D eigenvalue weighted by molar-refractivity contribution is 0.0607. The summed E-state index contributed by atoms with van der Waals surface area (Å²) in [6.07, 6.45) is 5.60. The summed E-state index contributed by atoms with van der Waals surface area (Å²) in [6, 6.07) is 7.38. The van der Waals surface area contributed by atoms with Gasteiger partial charge < -0.3 is 20.3 Å². The minimum Gasteiger partial charge on any atom is -0.353 e. The molecule has 3 atom stereocenters. The van der Waals surface area contributed by atoms with Crippen molar-refractivity contribution >= 4 is 38.8 Å². The number of carbonyl (C=O) groups is 1. The van der Waals surface area contributed by atoms with E-state index in [0.29, 0.717) is 17.8 Å². The van der Waals surface area contributed by atoms with E-state index in [1.807, 2.05) is 41.6 Å². The van der Waals surface area contributed by atoms with Gasteiger partial charge in [-0.2, -0.15) is 0 Å². The number of nitrogens with one attached hydrogen (secondary N) is 1. The van der Waals surface area contributed by atoms with Gasteiger partial charge in [0.15, 0.2) is 11.5 Å². The zero-order chi connectivity index (χ0) is 25.6. The average Bonchev–Trinajstić information content (AvgIpc) is 3.44. The maximum absolute atomic E-state index is 13.8. The van der Waals surface area contributed by atoms with Crippen molar-refractivity contribution in [3.8, 4) is 0 Å². The highest BCUT2D eigenvalue weighted by Crippen LogP contribution is 2.34. The fraction of sp³-hybridized carbons (Fsp3) is 0.440. The Bertz CT molecular complexity index is 1420. The lowest BCUT2D eigenvalue weighted by Gasteiger charge is -2.35. The second-order valence-corrected chi connectivity index (χ2v) is 11.7. The largest absolute Gasteiger partial charge is 0.353 e. The van der Waals surface area contributed by atoms with Gasteiger partial charge >= 0.3 is 0 Å². The standard InChI is InChI=1S/C25H34N8O2S/c1-16-7-8-20(30-36(3,27)35)19(12-16)25(34)32-10-5-4-6-22(32)21-15-33-23(28-21)13-17(2)24(29-33)31-11-9-18(26)14-31/h7-8,12-13,15,18,22H,3-6,9-11,14,26H2,1-2H3,(H3,27,30,35). The minimum absolute atomic E-state index is 0.150. The smallest absolute Gasteiger partial charge is 0.256 e. The number of benzene rings is 1. The van der Waals surface area contributed by atoms with Gasteiger partial charge in [-0.25, -0.2) is 18.8 Å². The predicted octanol–water partition coefficient (Wildman–Crippen LogP) is 2.17. The van der Waals surface area contributed by atoms with Gasteiger partial charge in [0.1, 0.15) is 9.89 Å². The van der Waals surface area contributed by atoms with Gasteiger partial charge in [0.05, 0.1) is 29.2 Å². The number of nitrogens with two attached hydrogens (primary N) is 2. The molecule has 36 heavy (non-hydrogen) atoms. The van der Waals surface area contributed by atoms with Crippen molar-refractivity contribution in [2.75, 3.05) is 29.3 Å². The monoisotopic (exact) mass is 510 g/mol. The number of likely N-dealkylation sites (tertiary alicyclic amines) is 1. The van der Waals surface area contributed by atoms with Crippen LogP contribution in [0.25, 0.3) is 5.65 Å². The third-order valence-corrected chi connectivity index (χ3v) is 7.52. The molecular formula is C25H34N8O2S. The topological polar surface area (TPSA) is 135 Å². The number of piperidine rings is 1. The maximum atomic E-state index is 13.8. The van der Waals surface area contributed by atoms with Crippen molar-refractivity contribution < 1.29 is 9.00 Å². The minimum atomic E-state index is -3.04. The molecule has 2 aromatic heterocycles. The molecule has 3 aromatic rings. The molecule has 1 amide bonds. The first-order valence-corrected chi connectivity index (χ1v) is 14.1. The second-order valence-electron chi connectivity index (χ2n) is 10.0. The van der Waals surface area contributed by atoms with Gasteiger partial charge in [0, 0.05) is 25.7 Å². The molecule has 10 nitrogen and oxygen atoms in total. The van der Waals surface area contributed by atoms with Crippen molar-refractivity contribution in [1.29, 1.82) is 0 Å². The van der Waals surface area contributed by atoms with Crippen molar-refractivity contribution in [3.05, 3.63) is 52.8 Å². The number of nitrogens with zero attached hydrogens (tertiary/aromatic N) is 5. The van der Waals surface area contributed by atoms with Crippen molar-refractivity contribution in [3.63, 3.8) is 0 Å². The van der Waals surface area contributed by atoms with Crippen LogP contribution in [0.4, 0.5) is 11.5 Å². The molecule has 1 aromatic carbocycles. The molecule has 0 aliphatic carbocycles. The molecule has 2 fully saturated rings. The molecule has 3 unspecified atom stereocenters. The fourth-order valence-electron chi connectivity index (χ4n) is 5.22. The number of aryl methyl sites for hydroxylation is 2. The molecule has 0 spiro atoms. The number of rotatable bonds is 5. The van der Waals surface area contributed by atoms with E-state index in [0.717, 1.165) is 67.1 Å². The highest BCUT2D eigenvalue weighted by atomic mass is 32.2. The molecule has 0 saturated carbocycles. The van der Waals surface area contributed by atoms with Gasteiger partial charge in [-0.3, -0.25) is 4.79 Å². The highest BCUT2D eigenvalue weighted by Gasteiger charge is 2.32. The first kappa shape index (κ1) is 24.5. The van der Waals surface area contributed by atoms with Crippen LogP contribution >= 0.6 is 0 Å². The van der Waals surface area contributed by atoms with E-state index in [1.54, 1.807) is 12.1 Å². The Hall–Kier alpha value is -3.15. The van der Waals surface area contributed by atoms with E-state index in [-0.39, 0.29) is 18.0 Å². The molecule has 0 bridgehead atoms. The summed E-state index contributed by atoms with van der Waals surface area (Å²) >= 11 is 0. The number of hydrogen-bond donors (Lipinski definition) is 3. The van der Waals surface area contributed by atoms with Crippen LogP contribution < -0.4 is 20.5 Å². The number of hydrogen-bond acceptors (Lipinski definition) is 6. The molecule has 192 valence electrons. The van der Waals surface area contributed by atoms with Gasteiger partial charge in [-0.05, 0) is 69.2 Å². The molecule has 2 aliphatic rings. The number of amides is 1. The number of imidazole rings is 1. The summed E-state index contributed by atoms with van der Waals surface area (Å²) in [4.78, 5) is 22.8. The highest BCUT2D eigenvalue weighted by molar-refractivity contribution is 7.99. The van der Waals surface area contributed by atoms with Crippen LogP contribution in [0, 0.1) is 13.8 Å². The Morgan fingerprint density at radius 2 is 2.00 bits per heavy atom. The number of fused-ring (bicyclic) bond motifs is 1. The van der Waals surface area contributed by atoms with Crippen molar-refractivity contribution in [1.82, 2.24) is 19.5 Å². The zero-order valence-corrected chi connectivity index (χ0v) is 21.6. The normalized spacial score (nSPS) is 22.1. The van der Waals surface area contributed by atoms with Crippen LogP contribution in [-0.2, 0) is 9.89 Å². The summed E-state index contributed by atoms with van der Waals surface area (Å²) in [5, 5.41) is 10.5. The van der Waals surface area contributed by atoms with E-state index in [4.69, 9.17) is 21.0 Å². The number of aromatic nitrogens is 3. The predicted molar refractivity (Wildman–Crippen MR) is 144 cm³/mol. The Kier molecular flexibility index (Phi) is 6.39. The molecule has 5 rings (SSSR count). The molecule has 2 aliphatic heterocycles.